The van der Waals surface area contributed by atoms with Crippen molar-refractivity contribution in [3.8, 4) is 11.5 Å². The maximum Gasteiger partial charge on any atom is 0.255 e. The summed E-state index contributed by atoms with van der Waals surface area (Å²) in [5.41, 5.74) is 8.74. The lowest BCUT2D eigenvalue weighted by atomic mass is 9.91. The van der Waals surface area contributed by atoms with Crippen LogP contribution >= 0.6 is 0 Å². The Morgan fingerprint density at radius 2 is 1.44 bits per heavy atom. The molecule has 0 spiro atoms. The third-order valence-corrected chi connectivity index (χ3v) is 8.09. The lowest BCUT2D eigenvalue weighted by Gasteiger charge is -2.37. The van der Waals surface area contributed by atoms with Crippen molar-refractivity contribution >= 4 is 29.1 Å². The molecule has 2 heterocycles. The zero-order chi connectivity index (χ0) is 30.3. The number of nitrogens with one attached hydrogen (secondary N) is 2. The summed E-state index contributed by atoms with van der Waals surface area (Å²) in [5.74, 6) is 0.362. The second-order valence-corrected chi connectivity index (χ2v) is 10.9. The van der Waals surface area contributed by atoms with Gasteiger partial charge in [-0.05, 0) is 74.2 Å². The van der Waals surface area contributed by atoms with Gasteiger partial charge in [0.2, 0.25) is 0 Å². The zero-order valence-corrected chi connectivity index (χ0v) is 24.5. The number of pyridine rings is 1. The van der Waals surface area contributed by atoms with Gasteiger partial charge in [-0.3, -0.25) is 19.4 Å². The summed E-state index contributed by atoms with van der Waals surface area (Å²) in [6.45, 7) is 2.14. The van der Waals surface area contributed by atoms with Gasteiger partial charge in [0, 0.05) is 67.3 Å². The average Bonchev–Trinajstić information content (AvgIpc) is 3.05. The van der Waals surface area contributed by atoms with Crippen molar-refractivity contribution in [3.05, 3.63) is 77.6 Å². The fraction of sp³-hybridized carbons (Fsp3) is 0.375. The van der Waals surface area contributed by atoms with Crippen LogP contribution in [0, 0.1) is 0 Å². The molecular formula is C32H38N6O5. The fourth-order valence-electron chi connectivity index (χ4n) is 5.58. The molecule has 1 aliphatic heterocycles. The Morgan fingerprint density at radius 1 is 0.791 bits per heavy atom. The van der Waals surface area contributed by atoms with Crippen molar-refractivity contribution in [3.63, 3.8) is 0 Å². The van der Waals surface area contributed by atoms with E-state index in [0.717, 1.165) is 31.4 Å². The Balaban J connectivity index is 1.36. The van der Waals surface area contributed by atoms with Crippen LogP contribution in [-0.2, 0) is 0 Å². The van der Waals surface area contributed by atoms with Gasteiger partial charge in [-0.1, -0.05) is 0 Å². The minimum absolute atomic E-state index is 0.0419. The second-order valence-electron chi connectivity index (χ2n) is 10.9. The zero-order valence-electron chi connectivity index (χ0n) is 24.5. The first kappa shape index (κ1) is 29.8. The molecule has 3 amide bonds. The normalized spacial score (nSPS) is 18.5. The summed E-state index contributed by atoms with van der Waals surface area (Å²) in [4.78, 5) is 47.6. The molecule has 0 bridgehead atoms. The molecule has 3 aromatic rings. The number of carbonyl (C=O) groups excluding carboxylic acids is 3. The summed E-state index contributed by atoms with van der Waals surface area (Å²) in [5, 5.41) is 6.15. The Kier molecular flexibility index (Phi) is 9.41. The molecule has 0 unspecified atom stereocenters. The van der Waals surface area contributed by atoms with Crippen LogP contribution in [0.2, 0.25) is 0 Å². The van der Waals surface area contributed by atoms with E-state index in [1.165, 1.54) is 14.2 Å². The third kappa shape index (κ3) is 7.06. The Hall–Kier alpha value is -4.64. The second kappa shape index (κ2) is 13.6. The number of rotatable bonds is 8. The van der Waals surface area contributed by atoms with Gasteiger partial charge in [0.25, 0.3) is 17.7 Å². The van der Waals surface area contributed by atoms with Crippen molar-refractivity contribution < 1.29 is 23.9 Å². The van der Waals surface area contributed by atoms with E-state index in [4.69, 9.17) is 15.2 Å². The molecule has 1 aromatic heterocycles. The number of benzene rings is 2. The van der Waals surface area contributed by atoms with Gasteiger partial charge in [-0.2, -0.15) is 0 Å². The van der Waals surface area contributed by atoms with Crippen molar-refractivity contribution in [1.82, 2.24) is 15.2 Å². The molecule has 226 valence electrons. The van der Waals surface area contributed by atoms with Crippen LogP contribution in [0.15, 0.2) is 60.9 Å². The molecule has 0 atom stereocenters. The molecule has 4 N–H and O–H groups in total. The quantitative estimate of drug-likeness (QED) is 0.366. The Bertz CT molecular complexity index is 1450. The molecule has 11 nitrogen and oxygen atoms in total. The summed E-state index contributed by atoms with van der Waals surface area (Å²) in [7, 11) is 3.05. The number of carbonyl (C=O) groups is 3. The van der Waals surface area contributed by atoms with E-state index in [9.17, 15) is 14.4 Å². The standard InChI is InChI=1S/C32H38N6O5/c1-42-28-10-4-23(20-29(28)43-2)31(40)36-26-19-22(30(39)35-25-7-5-24(33)6-8-25)3-9-27(26)37-15-17-38(18-16-37)32(41)21-11-13-34-14-12-21/h3-4,9-14,19-20,24-25H,5-8,15-18,33H2,1-2H3,(H,35,39)(H,36,40). The van der Waals surface area contributed by atoms with E-state index in [1.54, 1.807) is 54.9 Å². The van der Waals surface area contributed by atoms with E-state index < -0.39 is 0 Å². The fourth-order valence-corrected chi connectivity index (χ4v) is 5.58. The first-order valence-corrected chi connectivity index (χ1v) is 14.5. The van der Waals surface area contributed by atoms with Crippen molar-refractivity contribution in [1.29, 1.82) is 0 Å². The first-order valence-electron chi connectivity index (χ1n) is 14.5. The van der Waals surface area contributed by atoms with Gasteiger partial charge in [0.05, 0.1) is 25.6 Å². The van der Waals surface area contributed by atoms with Crippen LogP contribution in [0.25, 0.3) is 0 Å². The number of amides is 3. The number of aromatic nitrogens is 1. The summed E-state index contributed by atoms with van der Waals surface area (Å²) >= 11 is 0. The predicted molar refractivity (Wildman–Crippen MR) is 164 cm³/mol. The SMILES string of the molecule is COc1ccc(C(=O)Nc2cc(C(=O)NC3CCC(N)CC3)ccc2N2CCN(C(=O)c3ccncc3)CC2)cc1OC. The number of hydrogen-bond donors (Lipinski definition) is 3. The average molecular weight is 587 g/mol. The summed E-state index contributed by atoms with van der Waals surface area (Å²) in [6, 6.07) is 14.0. The highest BCUT2D eigenvalue weighted by molar-refractivity contribution is 6.07. The van der Waals surface area contributed by atoms with Gasteiger partial charge in [0.1, 0.15) is 0 Å². The van der Waals surface area contributed by atoms with Crippen LogP contribution in [0.4, 0.5) is 11.4 Å². The Morgan fingerprint density at radius 3 is 2.12 bits per heavy atom. The third-order valence-electron chi connectivity index (χ3n) is 8.09. The molecule has 11 heteroatoms. The summed E-state index contributed by atoms with van der Waals surface area (Å²) < 4.78 is 10.7. The predicted octanol–water partition coefficient (Wildman–Crippen LogP) is 3.31. The van der Waals surface area contributed by atoms with E-state index >= 15 is 0 Å². The minimum atomic E-state index is -0.354. The lowest BCUT2D eigenvalue weighted by molar-refractivity contribution is 0.0746. The number of piperazine rings is 1. The smallest absolute Gasteiger partial charge is 0.255 e. The first-order chi connectivity index (χ1) is 20.9. The van der Waals surface area contributed by atoms with Crippen LogP contribution in [0.1, 0.15) is 56.8 Å². The molecular weight excluding hydrogens is 548 g/mol. The van der Waals surface area contributed by atoms with Crippen molar-refractivity contribution in [2.75, 3.05) is 50.6 Å². The maximum atomic E-state index is 13.4. The number of nitrogens with zero attached hydrogens (tertiary/aromatic N) is 3. The highest BCUT2D eigenvalue weighted by Crippen LogP contribution is 2.31. The van der Waals surface area contributed by atoms with Crippen LogP contribution in [0.3, 0.4) is 0 Å². The highest BCUT2D eigenvalue weighted by Gasteiger charge is 2.26. The largest absolute Gasteiger partial charge is 0.493 e. The molecule has 1 saturated heterocycles. The van der Waals surface area contributed by atoms with Crippen LogP contribution in [0.5, 0.6) is 11.5 Å². The van der Waals surface area contributed by atoms with Crippen molar-refractivity contribution in [2.45, 2.75) is 37.8 Å². The van der Waals surface area contributed by atoms with Crippen molar-refractivity contribution in [2.24, 2.45) is 5.73 Å². The monoisotopic (exact) mass is 586 g/mol. The number of anilines is 2. The molecule has 1 saturated carbocycles. The molecule has 2 aliphatic rings. The van der Waals surface area contributed by atoms with Gasteiger partial charge in [-0.15, -0.1) is 0 Å². The van der Waals surface area contributed by atoms with E-state index in [-0.39, 0.29) is 29.8 Å². The molecule has 2 aromatic carbocycles. The summed E-state index contributed by atoms with van der Waals surface area (Å²) in [6.07, 6.45) is 6.67. The molecule has 5 rings (SSSR count). The number of methoxy groups -OCH3 is 2. The van der Waals surface area contributed by atoms with E-state index in [2.05, 4.69) is 20.5 Å². The topological polar surface area (TPSA) is 139 Å². The number of nitrogens with two attached hydrogens (primary N) is 1. The molecule has 2 fully saturated rings. The Labute approximate surface area is 251 Å². The van der Waals surface area contributed by atoms with Gasteiger partial charge in [-0.25, -0.2) is 0 Å². The van der Waals surface area contributed by atoms with Gasteiger partial charge in [0.15, 0.2) is 11.5 Å². The van der Waals surface area contributed by atoms with Crippen LogP contribution in [-0.4, -0.2) is 80.1 Å². The van der Waals surface area contributed by atoms with E-state index in [0.29, 0.717) is 60.1 Å². The highest BCUT2D eigenvalue weighted by atomic mass is 16.5. The maximum absolute atomic E-state index is 13.4. The van der Waals surface area contributed by atoms with E-state index in [1.807, 2.05) is 11.0 Å². The number of ether oxygens (including phenoxy) is 2. The number of hydrogen-bond acceptors (Lipinski definition) is 8. The minimum Gasteiger partial charge on any atom is -0.493 e. The van der Waals surface area contributed by atoms with Gasteiger partial charge < -0.3 is 35.6 Å². The van der Waals surface area contributed by atoms with Crippen LogP contribution < -0.4 is 30.7 Å². The van der Waals surface area contributed by atoms with Gasteiger partial charge >= 0.3 is 0 Å². The lowest BCUT2D eigenvalue weighted by Crippen LogP contribution is -2.49. The molecule has 43 heavy (non-hydrogen) atoms. The molecule has 0 radical (unpaired) electrons. The molecule has 1 aliphatic carbocycles.